The van der Waals surface area contributed by atoms with Gasteiger partial charge in [0.1, 0.15) is 0 Å². The molecule has 0 spiro atoms. The highest BCUT2D eigenvalue weighted by Gasteiger charge is 2.26. The molecule has 1 fully saturated rings. The molecule has 0 radical (unpaired) electrons. The van der Waals surface area contributed by atoms with Gasteiger partial charge in [-0.2, -0.15) is 0 Å². The molecular formula is C22H26N4O2S2. The van der Waals surface area contributed by atoms with Crippen LogP contribution in [0.15, 0.2) is 66.0 Å². The summed E-state index contributed by atoms with van der Waals surface area (Å²) >= 11 is 1.33. The molecule has 2 aromatic carbocycles. The summed E-state index contributed by atoms with van der Waals surface area (Å²) in [5.74, 6) is 0. The largest absolute Gasteiger partial charge is 0.295 e. The molecule has 2 heterocycles. The number of nitrogens with zero attached hydrogens (tertiary/aromatic N) is 3. The zero-order chi connectivity index (χ0) is 21.0. The second-order valence-electron chi connectivity index (χ2n) is 7.55. The third kappa shape index (κ3) is 5.46. The molecule has 1 aliphatic rings. The molecule has 0 aliphatic carbocycles. The van der Waals surface area contributed by atoms with Crippen LogP contribution in [-0.4, -0.2) is 55.6 Å². The minimum Gasteiger partial charge on any atom is -0.295 e. The molecular weight excluding hydrogens is 416 g/mol. The van der Waals surface area contributed by atoms with E-state index in [0.717, 1.165) is 44.7 Å². The van der Waals surface area contributed by atoms with Crippen LogP contribution in [0.5, 0.6) is 0 Å². The molecule has 1 N–H and O–H groups in total. The van der Waals surface area contributed by atoms with Crippen LogP contribution in [0.2, 0.25) is 0 Å². The number of benzene rings is 2. The predicted molar refractivity (Wildman–Crippen MR) is 122 cm³/mol. The fraction of sp³-hybridized carbons (Fsp3) is 0.318. The summed E-state index contributed by atoms with van der Waals surface area (Å²) in [6.07, 6.45) is 1.14. The molecule has 0 amide bonds. The Labute approximate surface area is 182 Å². The van der Waals surface area contributed by atoms with Gasteiger partial charge in [0, 0.05) is 38.1 Å². The molecule has 1 aliphatic heterocycles. The highest BCUT2D eigenvalue weighted by atomic mass is 32.2. The van der Waals surface area contributed by atoms with Crippen LogP contribution in [0.4, 0.5) is 5.13 Å². The monoisotopic (exact) mass is 442 g/mol. The van der Waals surface area contributed by atoms with E-state index in [1.165, 1.54) is 22.5 Å². The fourth-order valence-corrected chi connectivity index (χ4v) is 5.43. The second-order valence-corrected chi connectivity index (χ2v) is 10.2. The normalized spacial score (nSPS) is 16.1. The van der Waals surface area contributed by atoms with E-state index in [1.54, 1.807) is 0 Å². The van der Waals surface area contributed by atoms with Crippen molar-refractivity contribution in [2.45, 2.75) is 12.6 Å². The average Bonchev–Trinajstić information content (AvgIpc) is 3.16. The lowest BCUT2D eigenvalue weighted by Gasteiger charge is -2.39. The zero-order valence-corrected chi connectivity index (χ0v) is 18.6. The molecule has 158 valence electrons. The molecule has 3 aromatic rings. The Hall–Kier alpha value is -2.26. The molecule has 8 heteroatoms. The predicted octanol–water partition coefficient (Wildman–Crippen LogP) is 3.42. The maximum Gasteiger partial charge on any atom is 0.231 e. The number of aromatic nitrogens is 1. The summed E-state index contributed by atoms with van der Waals surface area (Å²) in [6.45, 7) is 4.56. The molecule has 1 saturated heterocycles. The Bertz CT molecular complexity index is 1010. The maximum absolute atomic E-state index is 11.4. The molecule has 0 saturated carbocycles. The van der Waals surface area contributed by atoms with Crippen molar-refractivity contribution in [1.82, 2.24) is 14.8 Å². The Balaban J connectivity index is 1.41. The van der Waals surface area contributed by atoms with E-state index in [4.69, 9.17) is 0 Å². The van der Waals surface area contributed by atoms with Crippen LogP contribution < -0.4 is 4.72 Å². The summed E-state index contributed by atoms with van der Waals surface area (Å²) in [5.41, 5.74) is 3.53. The van der Waals surface area contributed by atoms with E-state index >= 15 is 0 Å². The van der Waals surface area contributed by atoms with E-state index in [9.17, 15) is 8.42 Å². The number of hydrogen-bond acceptors (Lipinski definition) is 6. The van der Waals surface area contributed by atoms with E-state index in [-0.39, 0.29) is 6.04 Å². The van der Waals surface area contributed by atoms with Crippen LogP contribution >= 0.6 is 11.3 Å². The molecule has 6 nitrogen and oxygen atoms in total. The lowest BCUT2D eigenvalue weighted by Crippen LogP contribution is -2.47. The van der Waals surface area contributed by atoms with Gasteiger partial charge in [-0.1, -0.05) is 60.7 Å². The summed E-state index contributed by atoms with van der Waals surface area (Å²) in [5, 5.41) is 2.36. The third-order valence-corrected chi connectivity index (χ3v) is 6.71. The number of hydrogen-bond donors (Lipinski definition) is 1. The summed E-state index contributed by atoms with van der Waals surface area (Å²) in [4.78, 5) is 9.33. The molecule has 30 heavy (non-hydrogen) atoms. The minimum atomic E-state index is -3.29. The molecule has 0 bridgehead atoms. The van der Waals surface area contributed by atoms with E-state index in [0.29, 0.717) is 5.13 Å². The summed E-state index contributed by atoms with van der Waals surface area (Å²) < 4.78 is 25.2. The van der Waals surface area contributed by atoms with Crippen molar-refractivity contribution in [3.05, 3.63) is 82.9 Å². The number of sulfonamides is 1. The lowest BCUT2D eigenvalue weighted by molar-refractivity contribution is 0.104. The van der Waals surface area contributed by atoms with Gasteiger partial charge >= 0.3 is 0 Å². The quantitative estimate of drug-likeness (QED) is 0.607. The first-order valence-electron chi connectivity index (χ1n) is 9.96. The number of anilines is 1. The number of piperazine rings is 1. The van der Waals surface area contributed by atoms with Gasteiger partial charge in [-0.15, -0.1) is 11.3 Å². The zero-order valence-electron chi connectivity index (χ0n) is 16.9. The van der Waals surface area contributed by atoms with Gasteiger partial charge in [-0.25, -0.2) is 13.4 Å². The highest BCUT2D eigenvalue weighted by Crippen LogP contribution is 2.29. The topological polar surface area (TPSA) is 65.5 Å². The van der Waals surface area contributed by atoms with Crippen LogP contribution in [0.1, 0.15) is 22.9 Å². The number of thiazole rings is 1. The van der Waals surface area contributed by atoms with Gasteiger partial charge in [-0.05, 0) is 11.1 Å². The molecule has 4 rings (SSSR count). The van der Waals surface area contributed by atoms with Crippen LogP contribution in [0, 0.1) is 0 Å². The first kappa shape index (κ1) is 21.0. The van der Waals surface area contributed by atoms with Crippen LogP contribution in [-0.2, 0) is 16.6 Å². The Kier molecular flexibility index (Phi) is 6.48. The van der Waals surface area contributed by atoms with Crippen molar-refractivity contribution >= 4 is 26.5 Å². The van der Waals surface area contributed by atoms with Crippen molar-refractivity contribution in [2.75, 3.05) is 37.2 Å². The first-order chi connectivity index (χ1) is 14.5. The number of rotatable bonds is 7. The van der Waals surface area contributed by atoms with Gasteiger partial charge in [0.05, 0.1) is 18.0 Å². The number of nitrogens with one attached hydrogen (secondary N) is 1. The molecule has 1 aromatic heterocycles. The SMILES string of the molecule is CS(=O)(=O)Nc1nc(CN2CCN(C(c3ccccc3)c3ccccc3)CC2)cs1. The maximum atomic E-state index is 11.4. The smallest absolute Gasteiger partial charge is 0.231 e. The van der Waals surface area contributed by atoms with E-state index in [1.807, 2.05) is 5.38 Å². The third-order valence-electron chi connectivity index (χ3n) is 5.21. The van der Waals surface area contributed by atoms with E-state index in [2.05, 4.69) is 80.2 Å². The van der Waals surface area contributed by atoms with Gasteiger partial charge in [-0.3, -0.25) is 14.5 Å². The Morgan fingerprint density at radius 3 is 2.07 bits per heavy atom. The van der Waals surface area contributed by atoms with Crippen LogP contribution in [0.3, 0.4) is 0 Å². The fourth-order valence-electron chi connectivity index (χ4n) is 3.88. The average molecular weight is 443 g/mol. The molecule has 0 atom stereocenters. The Morgan fingerprint density at radius 1 is 0.967 bits per heavy atom. The van der Waals surface area contributed by atoms with Crippen molar-refractivity contribution in [1.29, 1.82) is 0 Å². The van der Waals surface area contributed by atoms with Gasteiger partial charge in [0.15, 0.2) is 5.13 Å². The van der Waals surface area contributed by atoms with Gasteiger partial charge in [0.2, 0.25) is 10.0 Å². The van der Waals surface area contributed by atoms with Crippen molar-refractivity contribution in [2.24, 2.45) is 0 Å². The minimum absolute atomic E-state index is 0.249. The standard InChI is InChI=1S/C22H26N4O2S2/c1-30(27,28)24-22-23-20(17-29-22)16-25-12-14-26(15-13-25)21(18-8-4-2-5-9-18)19-10-6-3-7-11-19/h2-11,17,21H,12-16H2,1H3,(H,23,24). The van der Waals surface area contributed by atoms with Gasteiger partial charge < -0.3 is 0 Å². The van der Waals surface area contributed by atoms with Crippen molar-refractivity contribution in [3.63, 3.8) is 0 Å². The molecule has 0 unspecified atom stereocenters. The Morgan fingerprint density at radius 2 is 1.53 bits per heavy atom. The summed E-state index contributed by atoms with van der Waals surface area (Å²) in [7, 11) is -3.29. The highest BCUT2D eigenvalue weighted by molar-refractivity contribution is 7.92. The van der Waals surface area contributed by atoms with Crippen molar-refractivity contribution < 1.29 is 8.42 Å². The second kappa shape index (κ2) is 9.26. The lowest BCUT2D eigenvalue weighted by atomic mass is 9.96. The van der Waals surface area contributed by atoms with E-state index < -0.39 is 10.0 Å². The van der Waals surface area contributed by atoms with Crippen LogP contribution in [0.25, 0.3) is 0 Å². The first-order valence-corrected chi connectivity index (χ1v) is 12.7. The summed E-state index contributed by atoms with van der Waals surface area (Å²) in [6, 6.07) is 21.6. The van der Waals surface area contributed by atoms with Crippen molar-refractivity contribution in [3.8, 4) is 0 Å². The van der Waals surface area contributed by atoms with Gasteiger partial charge in [0.25, 0.3) is 0 Å².